The number of methoxy groups -OCH3 is 2. The number of carbonyl (C=O) groups is 1. The molecule has 3 aromatic carbocycles. The van der Waals surface area contributed by atoms with Crippen molar-refractivity contribution in [2.24, 2.45) is 4.99 Å². The zero-order valence-electron chi connectivity index (χ0n) is 24.7. The van der Waals surface area contributed by atoms with Crippen molar-refractivity contribution in [3.63, 3.8) is 0 Å². The minimum Gasteiger partial charge on any atom is -0.497 e. The SMILES string of the molecule is CCOC(=O)C1=C(C)N=c2s/c(=C/c3cn(Cc4ccc(Cl)cc4)c4ccccc34)c(=O)n2[C@@H]1c1ccc(OC)cc1OC. The Morgan fingerprint density at radius 2 is 1.84 bits per heavy atom. The number of aromatic nitrogens is 2. The molecule has 0 aliphatic carbocycles. The molecule has 0 amide bonds. The normalized spacial score (nSPS) is 14.8. The van der Waals surface area contributed by atoms with E-state index >= 15 is 0 Å². The highest BCUT2D eigenvalue weighted by Crippen LogP contribution is 2.37. The maximum Gasteiger partial charge on any atom is 0.338 e. The van der Waals surface area contributed by atoms with Crippen LogP contribution in [0.2, 0.25) is 5.02 Å². The van der Waals surface area contributed by atoms with Crippen LogP contribution in [-0.2, 0) is 16.1 Å². The van der Waals surface area contributed by atoms with Crippen LogP contribution in [0.4, 0.5) is 0 Å². The number of rotatable bonds is 8. The molecule has 2 aromatic heterocycles. The average molecular weight is 628 g/mol. The van der Waals surface area contributed by atoms with Crippen LogP contribution >= 0.6 is 22.9 Å². The number of allylic oxidation sites excluding steroid dienone is 1. The van der Waals surface area contributed by atoms with Crippen molar-refractivity contribution in [2.45, 2.75) is 26.4 Å². The van der Waals surface area contributed by atoms with Gasteiger partial charge >= 0.3 is 5.97 Å². The van der Waals surface area contributed by atoms with E-state index in [4.69, 9.17) is 30.8 Å². The molecule has 1 aliphatic heterocycles. The number of halogens is 1. The van der Waals surface area contributed by atoms with E-state index in [-0.39, 0.29) is 17.7 Å². The summed E-state index contributed by atoms with van der Waals surface area (Å²) in [6.45, 7) is 4.34. The summed E-state index contributed by atoms with van der Waals surface area (Å²) in [5.41, 5.74) is 4.19. The predicted octanol–water partition coefficient (Wildman–Crippen LogP) is 5.47. The largest absolute Gasteiger partial charge is 0.497 e. The fourth-order valence-corrected chi connectivity index (χ4v) is 6.74. The lowest BCUT2D eigenvalue weighted by molar-refractivity contribution is -0.139. The maximum atomic E-state index is 14.2. The molecule has 0 fully saturated rings. The van der Waals surface area contributed by atoms with Crippen LogP contribution < -0.4 is 24.4 Å². The van der Waals surface area contributed by atoms with E-state index in [2.05, 4.69) is 16.8 Å². The molecule has 5 aromatic rings. The van der Waals surface area contributed by atoms with E-state index < -0.39 is 12.0 Å². The molecule has 0 N–H and O–H groups in total. The Kier molecular flexibility index (Phi) is 8.16. The first-order chi connectivity index (χ1) is 21.3. The fraction of sp³-hybridized carbons (Fsp3) is 0.206. The average Bonchev–Trinajstić information content (AvgIpc) is 3.53. The van der Waals surface area contributed by atoms with Gasteiger partial charge in [0.15, 0.2) is 4.80 Å². The molecule has 0 bridgehead atoms. The smallest absolute Gasteiger partial charge is 0.338 e. The molecule has 0 unspecified atom stereocenters. The Morgan fingerprint density at radius 1 is 1.07 bits per heavy atom. The minimum atomic E-state index is -0.806. The monoisotopic (exact) mass is 627 g/mol. The van der Waals surface area contributed by atoms with Crippen molar-refractivity contribution in [3.05, 3.63) is 126 Å². The molecular weight excluding hydrogens is 598 g/mol. The number of hydrogen-bond acceptors (Lipinski definition) is 7. The van der Waals surface area contributed by atoms with Crippen LogP contribution in [0.15, 0.2) is 94.0 Å². The first kappa shape index (κ1) is 29.5. The summed E-state index contributed by atoms with van der Waals surface area (Å²) in [5, 5.41) is 1.71. The first-order valence-corrected chi connectivity index (χ1v) is 15.3. The third kappa shape index (κ3) is 5.33. The summed E-state index contributed by atoms with van der Waals surface area (Å²) in [6.07, 6.45) is 3.95. The van der Waals surface area contributed by atoms with Gasteiger partial charge in [0.2, 0.25) is 0 Å². The maximum absolute atomic E-state index is 14.2. The van der Waals surface area contributed by atoms with E-state index in [9.17, 15) is 9.59 Å². The van der Waals surface area contributed by atoms with E-state index in [0.717, 1.165) is 22.0 Å². The Hall–Kier alpha value is -4.60. The van der Waals surface area contributed by atoms with Gasteiger partial charge in [0.25, 0.3) is 5.56 Å². The third-order valence-electron chi connectivity index (χ3n) is 7.62. The number of fused-ring (bicyclic) bond motifs is 2. The zero-order chi connectivity index (χ0) is 31.0. The van der Waals surface area contributed by atoms with Crippen LogP contribution in [0.5, 0.6) is 11.5 Å². The Labute approximate surface area is 262 Å². The number of thiazole rings is 1. The lowest BCUT2D eigenvalue weighted by Gasteiger charge is -2.26. The van der Waals surface area contributed by atoms with Crippen molar-refractivity contribution < 1.29 is 19.0 Å². The van der Waals surface area contributed by atoms with E-state index in [1.54, 1.807) is 44.8 Å². The van der Waals surface area contributed by atoms with E-state index in [1.807, 2.05) is 54.6 Å². The van der Waals surface area contributed by atoms with Gasteiger partial charge in [-0.05, 0) is 55.8 Å². The third-order valence-corrected chi connectivity index (χ3v) is 8.86. The van der Waals surface area contributed by atoms with Gasteiger partial charge in [-0.2, -0.15) is 0 Å². The molecular formula is C34H30ClN3O5S. The van der Waals surface area contributed by atoms with Gasteiger partial charge in [-0.25, -0.2) is 9.79 Å². The molecule has 0 saturated carbocycles. The van der Waals surface area contributed by atoms with Crippen LogP contribution in [0.1, 0.15) is 36.6 Å². The summed E-state index contributed by atoms with van der Waals surface area (Å²) in [7, 11) is 3.11. The standard InChI is InChI=1S/C34H30ClN3O5S/c1-5-43-33(40)30-20(2)36-34-38(31(30)26-15-14-24(41-3)17-28(26)42-4)32(39)29(44-34)16-22-19-37(27-9-7-6-8-25(22)27)18-21-10-12-23(35)13-11-21/h6-17,19,31H,5,18H2,1-4H3/b29-16+/t31-/m1/s1. The molecule has 44 heavy (non-hydrogen) atoms. The molecule has 1 atom stereocenters. The predicted molar refractivity (Wildman–Crippen MR) is 172 cm³/mol. The van der Waals surface area contributed by atoms with Crippen molar-refractivity contribution in [1.82, 2.24) is 9.13 Å². The van der Waals surface area contributed by atoms with Gasteiger partial charge in [0.1, 0.15) is 17.5 Å². The van der Waals surface area contributed by atoms with Gasteiger partial charge in [-0.3, -0.25) is 9.36 Å². The van der Waals surface area contributed by atoms with Crippen molar-refractivity contribution in [2.75, 3.05) is 20.8 Å². The lowest BCUT2D eigenvalue weighted by atomic mass is 9.95. The number of para-hydroxylation sites is 1. The lowest BCUT2D eigenvalue weighted by Crippen LogP contribution is -2.40. The molecule has 10 heteroatoms. The van der Waals surface area contributed by atoms with E-state index in [0.29, 0.717) is 43.7 Å². The highest BCUT2D eigenvalue weighted by Gasteiger charge is 2.35. The summed E-state index contributed by atoms with van der Waals surface area (Å²) >= 11 is 7.38. The second kappa shape index (κ2) is 12.2. The summed E-state index contributed by atoms with van der Waals surface area (Å²) in [5.74, 6) is 0.535. The quantitative estimate of drug-likeness (QED) is 0.213. The van der Waals surface area contributed by atoms with Crippen LogP contribution in [0.25, 0.3) is 17.0 Å². The van der Waals surface area contributed by atoms with E-state index in [1.165, 1.54) is 11.3 Å². The molecule has 3 heterocycles. The molecule has 0 spiro atoms. The summed E-state index contributed by atoms with van der Waals surface area (Å²) < 4.78 is 20.8. The van der Waals surface area contributed by atoms with Crippen LogP contribution in [0, 0.1) is 0 Å². The van der Waals surface area contributed by atoms with Gasteiger partial charge in [-0.15, -0.1) is 0 Å². The Morgan fingerprint density at radius 3 is 2.57 bits per heavy atom. The molecule has 1 aliphatic rings. The van der Waals surface area contributed by atoms with Gasteiger partial charge in [0.05, 0.1) is 36.6 Å². The van der Waals surface area contributed by atoms with Crippen molar-refractivity contribution in [1.29, 1.82) is 0 Å². The number of benzene rings is 3. The fourth-order valence-electron chi connectivity index (χ4n) is 5.58. The number of ether oxygens (including phenoxy) is 3. The summed E-state index contributed by atoms with van der Waals surface area (Å²) in [6, 6.07) is 20.4. The van der Waals surface area contributed by atoms with Gasteiger partial charge in [0, 0.05) is 45.9 Å². The van der Waals surface area contributed by atoms with Crippen LogP contribution in [-0.4, -0.2) is 35.9 Å². The molecule has 224 valence electrons. The molecule has 6 rings (SSSR count). The topological polar surface area (TPSA) is 84.1 Å². The minimum absolute atomic E-state index is 0.187. The van der Waals surface area contributed by atoms with Crippen molar-refractivity contribution >= 4 is 45.9 Å². The number of nitrogens with zero attached hydrogens (tertiary/aromatic N) is 3. The zero-order valence-corrected chi connectivity index (χ0v) is 26.2. The molecule has 8 nitrogen and oxygen atoms in total. The van der Waals surface area contributed by atoms with Crippen LogP contribution in [0.3, 0.4) is 0 Å². The molecule has 0 radical (unpaired) electrons. The summed E-state index contributed by atoms with van der Waals surface area (Å²) in [4.78, 5) is 32.8. The van der Waals surface area contributed by atoms with Gasteiger partial charge in [-0.1, -0.05) is 53.3 Å². The first-order valence-electron chi connectivity index (χ1n) is 14.1. The highest BCUT2D eigenvalue weighted by atomic mass is 35.5. The second-order valence-electron chi connectivity index (χ2n) is 10.3. The van der Waals surface area contributed by atoms with Gasteiger partial charge < -0.3 is 18.8 Å². The number of esters is 1. The highest BCUT2D eigenvalue weighted by molar-refractivity contribution is 7.07. The number of hydrogen-bond donors (Lipinski definition) is 0. The number of carbonyl (C=O) groups excluding carboxylic acids is 1. The van der Waals surface area contributed by atoms with Crippen molar-refractivity contribution in [3.8, 4) is 11.5 Å². The molecule has 0 saturated heterocycles. The Bertz CT molecular complexity index is 2110. The second-order valence-corrected chi connectivity index (χ2v) is 11.7. The Balaban J connectivity index is 1.53.